The van der Waals surface area contributed by atoms with Crippen molar-refractivity contribution in [3.63, 3.8) is 0 Å². The van der Waals surface area contributed by atoms with Crippen LogP contribution in [-0.2, 0) is 21.1 Å². The average Bonchev–Trinajstić information content (AvgIpc) is 3.11. The number of pyridine rings is 1. The average molecular weight is 513 g/mol. The minimum atomic E-state index is -3.56. The first kappa shape index (κ1) is 26.3. The maximum Gasteiger partial charge on any atom is 0.177 e. The van der Waals surface area contributed by atoms with Crippen LogP contribution in [0.3, 0.4) is 0 Å². The highest BCUT2D eigenvalue weighted by atomic mass is 32.2. The summed E-state index contributed by atoms with van der Waals surface area (Å²) in [6.07, 6.45) is 4.58. The lowest BCUT2D eigenvalue weighted by molar-refractivity contribution is 0.0619. The zero-order valence-electron chi connectivity index (χ0n) is 21.4. The SMILES string of the molecule is BC(B)(O)/C(N)=C(\c1cnc2c3c(OC)ccc(S(C)(=O)=O)c3n(CC3CCOCC3)c2c1)N(C)N. The zero-order valence-corrected chi connectivity index (χ0v) is 22.2. The number of benzene rings is 1. The topological polar surface area (TPSA) is 146 Å². The summed E-state index contributed by atoms with van der Waals surface area (Å²) >= 11 is 0. The number of nitrogens with zero attached hydrogens (tertiary/aromatic N) is 3. The van der Waals surface area contributed by atoms with Gasteiger partial charge in [0.1, 0.15) is 21.4 Å². The Balaban J connectivity index is 2.11. The van der Waals surface area contributed by atoms with Crippen LogP contribution in [0.2, 0.25) is 0 Å². The fourth-order valence-corrected chi connectivity index (χ4v) is 5.72. The molecule has 0 saturated carbocycles. The van der Waals surface area contributed by atoms with Gasteiger partial charge in [-0.3, -0.25) is 4.98 Å². The predicted octanol–water partition coefficient (Wildman–Crippen LogP) is -0.627. The maximum absolute atomic E-state index is 12.9. The molecule has 3 heterocycles. The number of hydrogen-bond donors (Lipinski definition) is 3. The fraction of sp³-hybridized carbons (Fsp3) is 0.435. The summed E-state index contributed by atoms with van der Waals surface area (Å²) in [6.45, 7) is 1.92. The standard InChI is InChI=1S/C23H33B2N5O5S/c1-29(27)20(22(26)23(24,25)31)14-10-15-19(28-11-14)18-16(34-2)4-5-17(36(3,32)33)21(18)30(15)12-13-6-8-35-9-7-13/h4-5,10-11,13,31H,6-9,12,24-27H2,1-3H3/b22-20-. The highest BCUT2D eigenvalue weighted by Crippen LogP contribution is 2.40. The van der Waals surface area contributed by atoms with E-state index < -0.39 is 15.2 Å². The summed E-state index contributed by atoms with van der Waals surface area (Å²) in [4.78, 5) is 4.96. The maximum atomic E-state index is 12.9. The quantitative estimate of drug-likeness (QED) is 0.214. The molecule has 13 heteroatoms. The summed E-state index contributed by atoms with van der Waals surface area (Å²) in [5.74, 6) is 6.97. The van der Waals surface area contributed by atoms with Gasteiger partial charge in [0.2, 0.25) is 0 Å². The molecular formula is C23H33B2N5O5S. The Kier molecular flexibility index (Phi) is 7.04. The number of aromatic nitrogens is 2. The Morgan fingerprint density at radius 2 is 2.03 bits per heavy atom. The first-order chi connectivity index (χ1) is 16.8. The number of aliphatic hydroxyl groups is 1. The van der Waals surface area contributed by atoms with E-state index in [4.69, 9.17) is 26.0 Å². The number of ether oxygens (including phenoxy) is 2. The molecule has 0 spiro atoms. The Hall–Kier alpha value is -2.73. The number of methoxy groups -OCH3 is 1. The van der Waals surface area contributed by atoms with E-state index in [1.165, 1.54) is 11.3 Å². The van der Waals surface area contributed by atoms with Gasteiger partial charge in [0.05, 0.1) is 39.6 Å². The van der Waals surface area contributed by atoms with E-state index in [1.807, 2.05) is 10.6 Å². The molecular weight excluding hydrogens is 480 g/mol. The molecule has 2 aromatic heterocycles. The van der Waals surface area contributed by atoms with Crippen LogP contribution < -0.4 is 16.3 Å². The van der Waals surface area contributed by atoms with Gasteiger partial charge in [-0.2, -0.15) is 0 Å². The van der Waals surface area contributed by atoms with Crippen molar-refractivity contribution < 1.29 is 23.0 Å². The third-order valence-electron chi connectivity index (χ3n) is 6.71. The molecule has 192 valence electrons. The van der Waals surface area contributed by atoms with Crippen LogP contribution in [0.4, 0.5) is 0 Å². The van der Waals surface area contributed by atoms with E-state index in [0.29, 0.717) is 59.1 Å². The molecule has 0 radical (unpaired) electrons. The summed E-state index contributed by atoms with van der Waals surface area (Å²) in [5.41, 5.74) is 9.44. The van der Waals surface area contributed by atoms with Crippen molar-refractivity contribution in [3.8, 4) is 5.75 Å². The van der Waals surface area contributed by atoms with E-state index in [0.717, 1.165) is 18.4 Å². The highest BCUT2D eigenvalue weighted by molar-refractivity contribution is 7.91. The minimum Gasteiger partial charge on any atom is -0.496 e. The molecule has 0 unspecified atom stereocenters. The number of fused-ring (bicyclic) bond motifs is 3. The molecule has 1 saturated heterocycles. The second-order valence-corrected chi connectivity index (χ2v) is 11.9. The van der Waals surface area contributed by atoms with E-state index in [-0.39, 0.29) is 10.6 Å². The van der Waals surface area contributed by atoms with E-state index in [2.05, 4.69) is 0 Å². The summed E-state index contributed by atoms with van der Waals surface area (Å²) in [6, 6.07) is 5.14. The normalized spacial score (nSPS) is 16.4. The smallest absolute Gasteiger partial charge is 0.177 e. The molecule has 1 aliphatic rings. The molecule has 36 heavy (non-hydrogen) atoms. The van der Waals surface area contributed by atoms with Gasteiger partial charge in [-0.1, -0.05) is 0 Å². The van der Waals surface area contributed by atoms with Crippen LogP contribution in [0.1, 0.15) is 18.4 Å². The monoisotopic (exact) mass is 513 g/mol. The Morgan fingerprint density at radius 1 is 1.36 bits per heavy atom. The van der Waals surface area contributed by atoms with Gasteiger partial charge < -0.3 is 29.9 Å². The lowest BCUT2D eigenvalue weighted by Crippen LogP contribution is -2.40. The van der Waals surface area contributed by atoms with Gasteiger partial charge in [0.15, 0.2) is 9.84 Å². The molecule has 0 bridgehead atoms. The molecule has 3 aromatic rings. The first-order valence-corrected chi connectivity index (χ1v) is 13.7. The Bertz CT molecular complexity index is 1440. The van der Waals surface area contributed by atoms with Crippen LogP contribution in [0.5, 0.6) is 5.75 Å². The molecule has 10 nitrogen and oxygen atoms in total. The van der Waals surface area contributed by atoms with Crippen molar-refractivity contribution in [1.82, 2.24) is 14.6 Å². The molecule has 5 N–H and O–H groups in total. The van der Waals surface area contributed by atoms with Gasteiger partial charge in [0, 0.05) is 55.9 Å². The molecule has 4 rings (SSSR count). The van der Waals surface area contributed by atoms with Crippen LogP contribution in [0.25, 0.3) is 27.6 Å². The van der Waals surface area contributed by atoms with Crippen LogP contribution >= 0.6 is 0 Å². The predicted molar refractivity (Wildman–Crippen MR) is 146 cm³/mol. The lowest BCUT2D eigenvalue weighted by atomic mass is 9.63. The number of sulfone groups is 1. The lowest BCUT2D eigenvalue weighted by Gasteiger charge is -2.27. The second-order valence-electron chi connectivity index (χ2n) is 9.95. The molecule has 1 aromatic carbocycles. The number of rotatable bonds is 7. The van der Waals surface area contributed by atoms with Crippen molar-refractivity contribution in [1.29, 1.82) is 0 Å². The number of nitrogens with two attached hydrogens (primary N) is 2. The van der Waals surface area contributed by atoms with Crippen LogP contribution in [0.15, 0.2) is 35.0 Å². The first-order valence-electron chi connectivity index (χ1n) is 11.8. The summed E-state index contributed by atoms with van der Waals surface area (Å²) in [7, 11) is 2.81. The van der Waals surface area contributed by atoms with Gasteiger partial charge in [-0.05, 0) is 37.0 Å². The summed E-state index contributed by atoms with van der Waals surface area (Å²) in [5, 5.41) is 11.2. The van der Waals surface area contributed by atoms with Crippen molar-refractivity contribution in [3.05, 3.63) is 35.7 Å². The van der Waals surface area contributed by atoms with Gasteiger partial charge in [0.25, 0.3) is 0 Å². The van der Waals surface area contributed by atoms with Crippen LogP contribution in [0, 0.1) is 5.92 Å². The van der Waals surface area contributed by atoms with Gasteiger partial charge >= 0.3 is 0 Å². The Morgan fingerprint density at radius 3 is 2.58 bits per heavy atom. The molecule has 1 fully saturated rings. The van der Waals surface area contributed by atoms with E-state index in [1.54, 1.807) is 48.2 Å². The highest BCUT2D eigenvalue weighted by Gasteiger charge is 2.28. The summed E-state index contributed by atoms with van der Waals surface area (Å²) < 4.78 is 38.9. The van der Waals surface area contributed by atoms with Gasteiger partial charge in [-0.15, -0.1) is 0 Å². The third-order valence-corrected chi connectivity index (χ3v) is 7.84. The second kappa shape index (κ2) is 9.62. The molecule has 0 atom stereocenters. The van der Waals surface area contributed by atoms with E-state index >= 15 is 0 Å². The zero-order chi connectivity index (χ0) is 26.4. The van der Waals surface area contributed by atoms with Crippen molar-refractivity contribution in [2.24, 2.45) is 17.5 Å². The van der Waals surface area contributed by atoms with Crippen LogP contribution in [-0.4, -0.2) is 82.8 Å². The minimum absolute atomic E-state index is 0.190. The Labute approximate surface area is 212 Å². The molecule has 0 amide bonds. The van der Waals surface area contributed by atoms with Gasteiger partial charge in [-0.25, -0.2) is 14.3 Å². The number of hydrogen-bond acceptors (Lipinski definition) is 9. The largest absolute Gasteiger partial charge is 0.496 e. The van der Waals surface area contributed by atoms with Crippen molar-refractivity contribution >= 4 is 53.2 Å². The fourth-order valence-electron chi connectivity index (χ4n) is 4.84. The van der Waals surface area contributed by atoms with E-state index in [9.17, 15) is 13.5 Å². The van der Waals surface area contributed by atoms with Crippen molar-refractivity contribution in [2.45, 2.75) is 29.7 Å². The molecule has 0 aliphatic carbocycles. The van der Waals surface area contributed by atoms with Crippen molar-refractivity contribution in [2.75, 3.05) is 33.6 Å². The molecule has 1 aliphatic heterocycles. The third kappa shape index (κ3) is 4.80. The number of hydrazine groups is 1.